The van der Waals surface area contributed by atoms with Gasteiger partial charge in [-0.25, -0.2) is 0 Å². The lowest BCUT2D eigenvalue weighted by Gasteiger charge is -2.36. The van der Waals surface area contributed by atoms with Crippen LogP contribution < -0.4 is 10.2 Å². The largest absolute Gasteiger partial charge is 0.371 e. The van der Waals surface area contributed by atoms with Crippen molar-refractivity contribution in [3.05, 3.63) is 29.8 Å². The van der Waals surface area contributed by atoms with Crippen molar-refractivity contribution in [3.63, 3.8) is 0 Å². The average molecular weight is 276 g/mol. The number of nitrogens with one attached hydrogen (secondary N) is 1. The summed E-state index contributed by atoms with van der Waals surface area (Å²) in [6.07, 6.45) is 2.51. The molecule has 1 atom stereocenters. The van der Waals surface area contributed by atoms with E-state index in [1.807, 2.05) is 0 Å². The molecule has 1 aromatic rings. The topological polar surface area (TPSA) is 15.3 Å². The minimum atomic E-state index is 0.338. The summed E-state index contributed by atoms with van der Waals surface area (Å²) in [7, 11) is 0. The SMILES string of the molecule is CCCC(C)(CNCC)CN(CC)c1cccc(C)c1. The number of rotatable bonds is 9. The fourth-order valence-corrected chi connectivity index (χ4v) is 2.92. The summed E-state index contributed by atoms with van der Waals surface area (Å²) in [5.41, 5.74) is 3.03. The summed E-state index contributed by atoms with van der Waals surface area (Å²) in [5.74, 6) is 0. The molecule has 2 nitrogen and oxygen atoms in total. The molecule has 0 fully saturated rings. The Hall–Kier alpha value is -1.02. The van der Waals surface area contributed by atoms with Crippen molar-refractivity contribution in [1.82, 2.24) is 5.32 Å². The molecule has 114 valence electrons. The van der Waals surface area contributed by atoms with Crippen LogP contribution in [0, 0.1) is 12.3 Å². The third-order valence-electron chi connectivity index (χ3n) is 3.98. The standard InChI is InChI=1S/C18H32N2/c1-6-12-18(5,14-19-7-2)15-20(8-3)17-11-9-10-16(4)13-17/h9-11,13,19H,6-8,12,14-15H2,1-5H3. The molecule has 20 heavy (non-hydrogen) atoms. The molecule has 0 aromatic heterocycles. The number of benzene rings is 1. The van der Waals surface area contributed by atoms with Gasteiger partial charge in [-0.15, -0.1) is 0 Å². The van der Waals surface area contributed by atoms with Crippen molar-refractivity contribution in [2.45, 2.75) is 47.5 Å². The van der Waals surface area contributed by atoms with E-state index in [1.54, 1.807) is 0 Å². The van der Waals surface area contributed by atoms with Crippen molar-refractivity contribution in [1.29, 1.82) is 0 Å². The van der Waals surface area contributed by atoms with Crippen molar-refractivity contribution in [2.24, 2.45) is 5.41 Å². The van der Waals surface area contributed by atoms with E-state index in [1.165, 1.54) is 24.1 Å². The van der Waals surface area contributed by atoms with Gasteiger partial charge >= 0.3 is 0 Å². The molecule has 1 rings (SSSR count). The quantitative estimate of drug-likeness (QED) is 0.726. The molecular formula is C18H32N2. The van der Waals surface area contributed by atoms with E-state index >= 15 is 0 Å². The number of anilines is 1. The number of hydrogen-bond acceptors (Lipinski definition) is 2. The molecule has 0 amide bonds. The summed E-state index contributed by atoms with van der Waals surface area (Å²) in [5, 5.41) is 3.54. The Morgan fingerprint density at radius 1 is 1.20 bits per heavy atom. The third kappa shape index (κ3) is 5.16. The number of hydrogen-bond donors (Lipinski definition) is 1. The molecule has 0 saturated carbocycles. The van der Waals surface area contributed by atoms with E-state index in [0.29, 0.717) is 5.41 Å². The maximum absolute atomic E-state index is 3.54. The molecule has 0 spiro atoms. The van der Waals surface area contributed by atoms with Crippen LogP contribution in [-0.2, 0) is 0 Å². The first-order chi connectivity index (χ1) is 9.54. The Morgan fingerprint density at radius 3 is 2.50 bits per heavy atom. The lowest BCUT2D eigenvalue weighted by molar-refractivity contribution is 0.283. The number of aryl methyl sites for hydroxylation is 1. The van der Waals surface area contributed by atoms with Crippen molar-refractivity contribution >= 4 is 5.69 Å². The predicted octanol–water partition coefficient (Wildman–Crippen LogP) is 4.24. The van der Waals surface area contributed by atoms with Crippen LogP contribution in [0.2, 0.25) is 0 Å². The minimum absolute atomic E-state index is 0.338. The fourth-order valence-electron chi connectivity index (χ4n) is 2.92. The van der Waals surface area contributed by atoms with E-state index in [2.05, 4.69) is 69.1 Å². The van der Waals surface area contributed by atoms with Crippen molar-refractivity contribution < 1.29 is 0 Å². The normalized spacial score (nSPS) is 14.1. The summed E-state index contributed by atoms with van der Waals surface area (Å²) in [4.78, 5) is 2.51. The van der Waals surface area contributed by atoms with Crippen LogP contribution in [0.15, 0.2) is 24.3 Å². The third-order valence-corrected chi connectivity index (χ3v) is 3.98. The minimum Gasteiger partial charge on any atom is -0.371 e. The van der Waals surface area contributed by atoms with Crippen LogP contribution in [0.25, 0.3) is 0 Å². The smallest absolute Gasteiger partial charge is 0.0368 e. The van der Waals surface area contributed by atoms with Crippen molar-refractivity contribution in [2.75, 3.05) is 31.1 Å². The second-order valence-electron chi connectivity index (χ2n) is 6.19. The van der Waals surface area contributed by atoms with E-state index in [9.17, 15) is 0 Å². The second-order valence-corrected chi connectivity index (χ2v) is 6.19. The van der Waals surface area contributed by atoms with Gasteiger partial charge in [-0.1, -0.05) is 39.3 Å². The maximum atomic E-state index is 3.54. The van der Waals surface area contributed by atoms with E-state index < -0.39 is 0 Å². The first kappa shape index (κ1) is 17.0. The highest BCUT2D eigenvalue weighted by Crippen LogP contribution is 2.27. The molecule has 0 aliphatic heterocycles. The zero-order valence-corrected chi connectivity index (χ0v) is 14.0. The Balaban J connectivity index is 2.82. The van der Waals surface area contributed by atoms with Gasteiger partial charge in [-0.2, -0.15) is 0 Å². The van der Waals surface area contributed by atoms with Gasteiger partial charge in [0.15, 0.2) is 0 Å². The molecule has 1 N–H and O–H groups in total. The molecule has 1 aromatic carbocycles. The number of nitrogens with zero attached hydrogens (tertiary/aromatic N) is 1. The molecular weight excluding hydrogens is 244 g/mol. The predicted molar refractivity (Wildman–Crippen MR) is 90.6 cm³/mol. The summed E-state index contributed by atoms with van der Waals surface area (Å²) < 4.78 is 0. The van der Waals surface area contributed by atoms with E-state index in [4.69, 9.17) is 0 Å². The Bertz CT molecular complexity index is 389. The van der Waals surface area contributed by atoms with Gasteiger partial charge in [-0.3, -0.25) is 0 Å². The van der Waals surface area contributed by atoms with Crippen LogP contribution in [0.3, 0.4) is 0 Å². The second kappa shape index (κ2) is 8.31. The van der Waals surface area contributed by atoms with Gasteiger partial charge in [0.25, 0.3) is 0 Å². The summed E-state index contributed by atoms with van der Waals surface area (Å²) in [6, 6.07) is 8.86. The monoisotopic (exact) mass is 276 g/mol. The Labute approximate surface area is 125 Å². The maximum Gasteiger partial charge on any atom is 0.0368 e. The first-order valence-corrected chi connectivity index (χ1v) is 8.07. The first-order valence-electron chi connectivity index (χ1n) is 8.07. The Kier molecular flexibility index (Phi) is 7.08. The van der Waals surface area contributed by atoms with E-state index in [-0.39, 0.29) is 0 Å². The van der Waals surface area contributed by atoms with Crippen LogP contribution in [0.1, 0.15) is 46.1 Å². The van der Waals surface area contributed by atoms with Crippen LogP contribution in [0.5, 0.6) is 0 Å². The lowest BCUT2D eigenvalue weighted by atomic mass is 9.84. The van der Waals surface area contributed by atoms with Gasteiger partial charge in [0.2, 0.25) is 0 Å². The highest BCUT2D eigenvalue weighted by molar-refractivity contribution is 5.48. The van der Waals surface area contributed by atoms with Gasteiger partial charge in [0, 0.05) is 25.3 Å². The van der Waals surface area contributed by atoms with E-state index in [0.717, 1.165) is 26.2 Å². The summed E-state index contributed by atoms with van der Waals surface area (Å²) in [6.45, 7) is 15.6. The zero-order chi connectivity index (χ0) is 15.0. The molecule has 0 saturated heterocycles. The molecule has 0 heterocycles. The summed E-state index contributed by atoms with van der Waals surface area (Å²) >= 11 is 0. The van der Waals surface area contributed by atoms with Gasteiger partial charge in [-0.05, 0) is 49.9 Å². The highest BCUT2D eigenvalue weighted by Gasteiger charge is 2.25. The molecule has 0 aliphatic carbocycles. The molecule has 0 radical (unpaired) electrons. The van der Waals surface area contributed by atoms with Crippen LogP contribution in [0.4, 0.5) is 5.69 Å². The van der Waals surface area contributed by atoms with Crippen LogP contribution in [-0.4, -0.2) is 26.2 Å². The molecule has 2 heteroatoms. The highest BCUT2D eigenvalue weighted by atomic mass is 15.1. The average Bonchev–Trinajstić information content (AvgIpc) is 2.43. The zero-order valence-electron chi connectivity index (χ0n) is 14.0. The molecule has 0 bridgehead atoms. The Morgan fingerprint density at radius 2 is 1.95 bits per heavy atom. The van der Waals surface area contributed by atoms with Crippen LogP contribution >= 0.6 is 0 Å². The van der Waals surface area contributed by atoms with Crippen molar-refractivity contribution in [3.8, 4) is 0 Å². The molecule has 0 aliphatic rings. The van der Waals surface area contributed by atoms with Gasteiger partial charge in [0.1, 0.15) is 0 Å². The molecule has 1 unspecified atom stereocenters. The fraction of sp³-hybridized carbons (Fsp3) is 0.667. The van der Waals surface area contributed by atoms with Gasteiger partial charge < -0.3 is 10.2 Å². The lowest BCUT2D eigenvalue weighted by Crippen LogP contribution is -2.42. The van der Waals surface area contributed by atoms with Gasteiger partial charge in [0.05, 0.1) is 0 Å².